The molecule has 5 nitrogen and oxygen atoms in total. The number of rotatable bonds is 5. The average Bonchev–Trinajstić information content (AvgIpc) is 2.90. The van der Waals surface area contributed by atoms with E-state index in [-0.39, 0.29) is 12.5 Å². The van der Waals surface area contributed by atoms with Gasteiger partial charge in [0.05, 0.1) is 13.2 Å². The van der Waals surface area contributed by atoms with Crippen molar-refractivity contribution in [3.63, 3.8) is 0 Å². The first-order valence-electron chi connectivity index (χ1n) is 8.53. The lowest BCUT2D eigenvalue weighted by molar-refractivity contribution is -0.123. The maximum Gasteiger partial charge on any atom is 0.278 e. The number of aliphatic imine (C=N–C) groups is 1. The number of carbonyl (C=O) groups excluding carboxylic acids is 1. The molecule has 0 bridgehead atoms. The largest absolute Gasteiger partial charge is 0.392 e. The third-order valence-electron chi connectivity index (χ3n) is 4.40. The van der Waals surface area contributed by atoms with E-state index in [9.17, 15) is 4.79 Å². The van der Waals surface area contributed by atoms with E-state index in [1.165, 1.54) is 0 Å². The van der Waals surface area contributed by atoms with Gasteiger partial charge < -0.3 is 10.0 Å². The summed E-state index contributed by atoms with van der Waals surface area (Å²) in [5, 5.41) is 9.13. The van der Waals surface area contributed by atoms with Gasteiger partial charge in [-0.25, -0.2) is 4.99 Å². The molecule has 0 unspecified atom stereocenters. The molecule has 0 fully saturated rings. The summed E-state index contributed by atoms with van der Waals surface area (Å²) in [4.78, 5) is 20.9. The molecule has 3 rings (SSSR count). The maximum absolute atomic E-state index is 12.7. The zero-order valence-electron chi connectivity index (χ0n) is 15.3. The highest BCUT2D eigenvalue weighted by molar-refractivity contribution is 6.13. The fourth-order valence-corrected chi connectivity index (χ4v) is 2.81. The second kappa shape index (κ2) is 7.54. The lowest BCUT2D eigenvalue weighted by Gasteiger charge is -2.16. The zero-order chi connectivity index (χ0) is 18.7. The number of amidine groups is 1. The molecule has 1 heterocycles. The molecular weight excluding hydrogens is 326 g/mol. The summed E-state index contributed by atoms with van der Waals surface area (Å²) in [5.74, 6) is 0.600. The number of benzene rings is 2. The predicted molar refractivity (Wildman–Crippen MR) is 105 cm³/mol. The maximum atomic E-state index is 12.7. The molecule has 0 saturated heterocycles. The Balaban J connectivity index is 1.76. The standard InChI is InChI=1S/C21H23N3O2/c1-15-22-20(12-16-8-10-19(11-9-16)23(2)3)21(26)24(15)13-17-4-6-18(14-25)7-5-17/h4-12,25H,13-14H2,1-3H3/b20-12+. The number of carbonyl (C=O) groups is 1. The number of aliphatic hydroxyl groups is 1. The monoisotopic (exact) mass is 349 g/mol. The minimum Gasteiger partial charge on any atom is -0.392 e. The summed E-state index contributed by atoms with van der Waals surface area (Å²) >= 11 is 0. The molecule has 2 aromatic carbocycles. The smallest absolute Gasteiger partial charge is 0.278 e. The summed E-state index contributed by atoms with van der Waals surface area (Å²) in [5.41, 5.74) is 4.37. The second-order valence-electron chi connectivity index (χ2n) is 6.54. The lowest BCUT2D eigenvalue weighted by atomic mass is 10.1. The van der Waals surface area contributed by atoms with Gasteiger partial charge in [-0.3, -0.25) is 9.69 Å². The van der Waals surface area contributed by atoms with Gasteiger partial charge in [-0.05, 0) is 41.8 Å². The van der Waals surface area contributed by atoms with Crippen LogP contribution in [0.25, 0.3) is 6.08 Å². The van der Waals surface area contributed by atoms with E-state index in [4.69, 9.17) is 5.11 Å². The van der Waals surface area contributed by atoms with Crippen molar-refractivity contribution in [3.05, 3.63) is 70.9 Å². The quantitative estimate of drug-likeness (QED) is 0.844. The van der Waals surface area contributed by atoms with Crippen LogP contribution in [-0.2, 0) is 17.9 Å². The molecule has 1 aliphatic heterocycles. The van der Waals surface area contributed by atoms with Crippen LogP contribution in [0.15, 0.2) is 59.2 Å². The highest BCUT2D eigenvalue weighted by Gasteiger charge is 2.27. The number of amides is 1. The molecule has 0 atom stereocenters. The summed E-state index contributed by atoms with van der Waals surface area (Å²) in [6, 6.07) is 15.6. The normalized spacial score (nSPS) is 15.5. The van der Waals surface area contributed by atoms with Crippen molar-refractivity contribution in [2.75, 3.05) is 19.0 Å². The summed E-state index contributed by atoms with van der Waals surface area (Å²) in [7, 11) is 3.99. The molecule has 1 amide bonds. The van der Waals surface area contributed by atoms with Gasteiger partial charge >= 0.3 is 0 Å². The van der Waals surface area contributed by atoms with Crippen LogP contribution in [0, 0.1) is 0 Å². The topological polar surface area (TPSA) is 56.1 Å². The molecule has 0 spiro atoms. The Labute approximate surface area is 153 Å². The Morgan fingerprint density at radius 2 is 1.65 bits per heavy atom. The minimum atomic E-state index is -0.0922. The van der Waals surface area contributed by atoms with E-state index in [1.54, 1.807) is 4.90 Å². The van der Waals surface area contributed by atoms with Crippen molar-refractivity contribution < 1.29 is 9.90 Å². The van der Waals surface area contributed by atoms with E-state index in [1.807, 2.05) is 80.5 Å². The van der Waals surface area contributed by atoms with Gasteiger partial charge in [0.25, 0.3) is 5.91 Å². The molecule has 5 heteroatoms. The van der Waals surface area contributed by atoms with Crippen LogP contribution >= 0.6 is 0 Å². The molecule has 0 aliphatic carbocycles. The molecule has 0 radical (unpaired) electrons. The average molecular weight is 349 g/mol. The van der Waals surface area contributed by atoms with E-state index in [2.05, 4.69) is 4.99 Å². The fraction of sp³-hybridized carbons (Fsp3) is 0.238. The molecule has 2 aromatic rings. The molecule has 0 saturated carbocycles. The Hall–Kier alpha value is -2.92. The van der Waals surface area contributed by atoms with Crippen LogP contribution in [0.1, 0.15) is 23.6 Å². The number of anilines is 1. The van der Waals surface area contributed by atoms with Crippen LogP contribution in [0.4, 0.5) is 5.69 Å². The lowest BCUT2D eigenvalue weighted by Crippen LogP contribution is -2.29. The zero-order valence-corrected chi connectivity index (χ0v) is 15.3. The van der Waals surface area contributed by atoms with Crippen LogP contribution in [-0.4, -0.2) is 35.8 Å². The molecule has 1 N–H and O–H groups in total. The molecule has 1 aliphatic rings. The van der Waals surface area contributed by atoms with Crippen molar-refractivity contribution in [3.8, 4) is 0 Å². The SMILES string of the molecule is CC1=N/C(=C/c2ccc(N(C)C)cc2)C(=O)N1Cc1ccc(CO)cc1. The van der Waals surface area contributed by atoms with Crippen LogP contribution in [0.2, 0.25) is 0 Å². The highest BCUT2D eigenvalue weighted by Crippen LogP contribution is 2.22. The van der Waals surface area contributed by atoms with Crippen LogP contribution in [0.3, 0.4) is 0 Å². The van der Waals surface area contributed by atoms with E-state index in [0.717, 1.165) is 22.4 Å². The highest BCUT2D eigenvalue weighted by atomic mass is 16.3. The first-order chi connectivity index (χ1) is 12.5. The Bertz CT molecular complexity index is 850. The van der Waals surface area contributed by atoms with Crippen molar-refractivity contribution in [1.29, 1.82) is 0 Å². The second-order valence-corrected chi connectivity index (χ2v) is 6.54. The van der Waals surface area contributed by atoms with Crippen molar-refractivity contribution in [2.45, 2.75) is 20.1 Å². The third kappa shape index (κ3) is 3.83. The summed E-state index contributed by atoms with van der Waals surface area (Å²) < 4.78 is 0. The number of hydrogen-bond acceptors (Lipinski definition) is 4. The van der Waals surface area contributed by atoms with Crippen LogP contribution < -0.4 is 4.90 Å². The van der Waals surface area contributed by atoms with Gasteiger partial charge in [0, 0.05) is 19.8 Å². The van der Waals surface area contributed by atoms with E-state index < -0.39 is 0 Å². The van der Waals surface area contributed by atoms with Gasteiger partial charge in [0.2, 0.25) is 0 Å². The first-order valence-corrected chi connectivity index (χ1v) is 8.53. The number of nitrogens with zero attached hydrogens (tertiary/aromatic N) is 3. The number of hydrogen-bond donors (Lipinski definition) is 1. The first kappa shape index (κ1) is 17.9. The Morgan fingerprint density at radius 1 is 1.04 bits per heavy atom. The Morgan fingerprint density at radius 3 is 2.23 bits per heavy atom. The van der Waals surface area contributed by atoms with Crippen molar-refractivity contribution in [1.82, 2.24) is 4.90 Å². The number of aliphatic hydroxyl groups excluding tert-OH is 1. The van der Waals surface area contributed by atoms with E-state index in [0.29, 0.717) is 18.1 Å². The predicted octanol–water partition coefficient (Wildman–Crippen LogP) is 3.05. The fourth-order valence-electron chi connectivity index (χ4n) is 2.81. The molecular formula is C21H23N3O2. The van der Waals surface area contributed by atoms with Gasteiger partial charge in [-0.2, -0.15) is 0 Å². The molecule has 0 aromatic heterocycles. The van der Waals surface area contributed by atoms with Crippen molar-refractivity contribution >= 4 is 23.5 Å². The molecule has 134 valence electrons. The van der Waals surface area contributed by atoms with Crippen molar-refractivity contribution in [2.24, 2.45) is 4.99 Å². The van der Waals surface area contributed by atoms with Gasteiger partial charge in [-0.15, -0.1) is 0 Å². The van der Waals surface area contributed by atoms with Gasteiger partial charge in [0.1, 0.15) is 11.5 Å². The van der Waals surface area contributed by atoms with Crippen LogP contribution in [0.5, 0.6) is 0 Å². The Kier molecular flexibility index (Phi) is 5.19. The van der Waals surface area contributed by atoms with E-state index >= 15 is 0 Å². The van der Waals surface area contributed by atoms with Gasteiger partial charge in [0.15, 0.2) is 0 Å². The summed E-state index contributed by atoms with van der Waals surface area (Å²) in [6.45, 7) is 2.33. The summed E-state index contributed by atoms with van der Waals surface area (Å²) in [6.07, 6.45) is 1.82. The molecule has 26 heavy (non-hydrogen) atoms. The minimum absolute atomic E-state index is 0.0168. The van der Waals surface area contributed by atoms with Gasteiger partial charge in [-0.1, -0.05) is 36.4 Å². The third-order valence-corrected chi connectivity index (χ3v) is 4.40.